The van der Waals surface area contributed by atoms with Crippen molar-refractivity contribution in [1.82, 2.24) is 0 Å². The molecule has 0 aromatic carbocycles. The molecule has 4 aliphatic rings. The number of hydrogen-bond acceptors (Lipinski definition) is 7. The van der Waals surface area contributed by atoms with Crippen molar-refractivity contribution in [2.45, 2.75) is 91.3 Å². The summed E-state index contributed by atoms with van der Waals surface area (Å²) < 4.78 is 11.2. The lowest BCUT2D eigenvalue weighted by molar-refractivity contribution is -0.194. The maximum absolute atomic E-state index is 13.7. The molecule has 0 bridgehead atoms. The summed E-state index contributed by atoms with van der Waals surface area (Å²) >= 11 is 0. The second-order valence-corrected chi connectivity index (χ2v) is 12.6. The van der Waals surface area contributed by atoms with Crippen molar-refractivity contribution in [3.8, 4) is 0 Å². The zero-order chi connectivity index (χ0) is 26.7. The Kier molecular flexibility index (Phi) is 6.64. The molecule has 198 valence electrons. The number of Topliss-reactive ketones (excluding diaryl/α,β-unsaturated/α-hetero) is 1. The van der Waals surface area contributed by atoms with Gasteiger partial charge < -0.3 is 14.6 Å². The third kappa shape index (κ3) is 4.27. The van der Waals surface area contributed by atoms with E-state index in [0.717, 1.165) is 19.3 Å². The first-order valence-electron chi connectivity index (χ1n) is 13.2. The zero-order valence-corrected chi connectivity index (χ0v) is 22.4. The van der Waals surface area contributed by atoms with Gasteiger partial charge in [0.25, 0.3) is 0 Å². The van der Waals surface area contributed by atoms with Crippen molar-refractivity contribution >= 4 is 23.5 Å². The molecule has 4 rings (SSSR count). The minimum Gasteiger partial charge on any atom is -0.458 e. The molecule has 7 heteroatoms. The topological polar surface area (TPSA) is 107 Å². The molecule has 3 fully saturated rings. The minimum atomic E-state index is -1.40. The van der Waals surface area contributed by atoms with Crippen LogP contribution >= 0.6 is 0 Å². The average Bonchev–Trinajstić information content (AvgIpc) is 3.05. The van der Waals surface area contributed by atoms with Crippen LogP contribution in [0, 0.1) is 34.5 Å². The Hall–Kier alpha value is -2.28. The number of carbonyl (C=O) groups excluding carboxylic acids is 4. The van der Waals surface area contributed by atoms with Gasteiger partial charge in [0.1, 0.15) is 0 Å². The molecule has 7 atom stereocenters. The highest BCUT2D eigenvalue weighted by Crippen LogP contribution is 2.68. The van der Waals surface area contributed by atoms with E-state index in [9.17, 15) is 24.3 Å². The van der Waals surface area contributed by atoms with Crippen LogP contribution in [0.4, 0.5) is 0 Å². The van der Waals surface area contributed by atoms with E-state index in [1.807, 2.05) is 6.08 Å². The van der Waals surface area contributed by atoms with Gasteiger partial charge in [0.15, 0.2) is 18.0 Å². The molecule has 3 saturated carbocycles. The quantitative estimate of drug-likeness (QED) is 0.547. The summed E-state index contributed by atoms with van der Waals surface area (Å²) in [5, 5.41) is 10.2. The molecule has 36 heavy (non-hydrogen) atoms. The van der Waals surface area contributed by atoms with E-state index >= 15 is 0 Å². The van der Waals surface area contributed by atoms with Gasteiger partial charge >= 0.3 is 11.9 Å². The van der Waals surface area contributed by atoms with Crippen molar-refractivity contribution in [2.75, 3.05) is 6.61 Å². The first-order valence-corrected chi connectivity index (χ1v) is 13.2. The van der Waals surface area contributed by atoms with Crippen LogP contribution in [0.2, 0.25) is 0 Å². The summed E-state index contributed by atoms with van der Waals surface area (Å²) in [4.78, 5) is 50.4. The molecule has 1 N–H and O–H groups in total. The molecule has 0 spiro atoms. The van der Waals surface area contributed by atoms with Gasteiger partial charge in [0.05, 0.1) is 12.0 Å². The smallest absolute Gasteiger partial charge is 0.309 e. The van der Waals surface area contributed by atoms with E-state index in [1.54, 1.807) is 6.08 Å². The fraction of sp³-hybridized carbons (Fsp3) is 0.724. The van der Waals surface area contributed by atoms with E-state index in [2.05, 4.69) is 26.8 Å². The molecule has 0 aromatic heterocycles. The second-order valence-electron chi connectivity index (χ2n) is 12.6. The van der Waals surface area contributed by atoms with Gasteiger partial charge in [-0.25, -0.2) is 0 Å². The van der Waals surface area contributed by atoms with Crippen LogP contribution in [0.15, 0.2) is 23.8 Å². The van der Waals surface area contributed by atoms with Crippen molar-refractivity contribution in [1.29, 1.82) is 0 Å². The van der Waals surface area contributed by atoms with Gasteiger partial charge in [0, 0.05) is 17.8 Å². The molecule has 0 unspecified atom stereocenters. The summed E-state index contributed by atoms with van der Waals surface area (Å²) in [5.74, 6) is -0.519. The fourth-order valence-electron chi connectivity index (χ4n) is 8.16. The predicted octanol–water partition coefficient (Wildman–Crippen LogP) is 4.12. The fourth-order valence-corrected chi connectivity index (χ4v) is 8.16. The number of ether oxygens (including phenoxy) is 2. The molecule has 0 amide bonds. The number of ketones is 2. The largest absolute Gasteiger partial charge is 0.458 e. The summed E-state index contributed by atoms with van der Waals surface area (Å²) in [6.45, 7) is 10.3. The lowest BCUT2D eigenvalue weighted by Crippen LogP contribution is -2.60. The van der Waals surface area contributed by atoms with Crippen molar-refractivity contribution in [2.24, 2.45) is 34.5 Å². The number of carbonyl (C=O) groups is 4. The van der Waals surface area contributed by atoms with E-state index < -0.39 is 35.2 Å². The van der Waals surface area contributed by atoms with Crippen LogP contribution in [-0.2, 0) is 28.7 Å². The number of fused-ring (bicyclic) bond motifs is 5. The van der Waals surface area contributed by atoms with Crippen molar-refractivity contribution in [3.05, 3.63) is 23.8 Å². The van der Waals surface area contributed by atoms with Crippen LogP contribution in [-0.4, -0.2) is 46.4 Å². The highest BCUT2D eigenvalue weighted by molar-refractivity contribution is 6.01. The monoisotopic (exact) mass is 500 g/mol. The van der Waals surface area contributed by atoms with Crippen LogP contribution in [0.3, 0.4) is 0 Å². The Bertz CT molecular complexity index is 1030. The Morgan fingerprint density at radius 2 is 1.81 bits per heavy atom. The Balaban J connectivity index is 1.70. The first kappa shape index (κ1) is 26.8. The number of esters is 2. The van der Waals surface area contributed by atoms with Gasteiger partial charge in [-0.3, -0.25) is 19.2 Å². The molecular formula is C29H40O7. The lowest BCUT2D eigenvalue weighted by atomic mass is 9.45. The standard InChI is InChI=1S/C29H40O7/c1-17-13-20-21(27(5)10-7-19(31)14-23(17)27)8-11-28(6)22(20)9-12-29(28,24(32)16-35-18(2)30)36-25(33)15-26(3,4)34/h7,10,14,17,20-22,34H,8-9,11-13,15-16H2,1-6H3/t17-,20+,21-,22-,27+,28-,29-/m0/s1. The van der Waals surface area contributed by atoms with Crippen LogP contribution in [0.25, 0.3) is 0 Å². The zero-order valence-electron chi connectivity index (χ0n) is 22.4. The van der Waals surface area contributed by atoms with Crippen molar-refractivity contribution in [3.63, 3.8) is 0 Å². The lowest BCUT2D eigenvalue weighted by Gasteiger charge is -2.59. The number of aliphatic hydroxyl groups is 1. The average molecular weight is 501 g/mol. The van der Waals surface area contributed by atoms with Crippen LogP contribution in [0.1, 0.15) is 80.1 Å². The number of rotatable bonds is 6. The normalized spacial score (nSPS) is 39.4. The molecule has 0 radical (unpaired) electrons. The van der Waals surface area contributed by atoms with Crippen LogP contribution < -0.4 is 0 Å². The van der Waals surface area contributed by atoms with E-state index in [-0.39, 0.29) is 35.2 Å². The minimum absolute atomic E-state index is 0.0445. The highest BCUT2D eigenvalue weighted by atomic mass is 16.6. The second kappa shape index (κ2) is 8.93. The Labute approximate surface area is 213 Å². The SMILES string of the molecule is CC(=O)OCC(=O)[C@@]1(OC(=O)CC(C)(C)O)CC[C@H]2[C@@H]3C[C@H](C)C4=CC(=O)C=C[C@]4(C)[C@H]3CC[C@@]21C. The third-order valence-electron chi connectivity index (χ3n) is 9.72. The van der Waals surface area contributed by atoms with E-state index in [0.29, 0.717) is 24.7 Å². The van der Waals surface area contributed by atoms with Gasteiger partial charge in [-0.1, -0.05) is 32.4 Å². The van der Waals surface area contributed by atoms with E-state index in [1.165, 1.54) is 26.3 Å². The first-order chi connectivity index (χ1) is 16.6. The highest BCUT2D eigenvalue weighted by Gasteiger charge is 2.69. The molecule has 4 aliphatic carbocycles. The molecule has 7 nitrogen and oxygen atoms in total. The van der Waals surface area contributed by atoms with Gasteiger partial charge in [-0.05, 0) is 81.8 Å². The molecule has 0 aromatic rings. The molecular weight excluding hydrogens is 460 g/mol. The van der Waals surface area contributed by atoms with Crippen LogP contribution in [0.5, 0.6) is 0 Å². The third-order valence-corrected chi connectivity index (χ3v) is 9.72. The summed E-state index contributed by atoms with van der Waals surface area (Å²) in [5.41, 5.74) is -2.30. The van der Waals surface area contributed by atoms with Gasteiger partial charge in [-0.15, -0.1) is 0 Å². The maximum Gasteiger partial charge on any atom is 0.309 e. The van der Waals surface area contributed by atoms with Gasteiger partial charge in [0.2, 0.25) is 5.78 Å². The van der Waals surface area contributed by atoms with E-state index in [4.69, 9.17) is 9.47 Å². The maximum atomic E-state index is 13.7. The Morgan fingerprint density at radius 1 is 1.14 bits per heavy atom. The summed E-state index contributed by atoms with van der Waals surface area (Å²) in [6.07, 6.45) is 8.88. The molecule has 0 heterocycles. The predicted molar refractivity (Wildman–Crippen MR) is 133 cm³/mol. The number of hydrogen-bond donors (Lipinski definition) is 1. The molecule has 0 aliphatic heterocycles. The molecule has 0 saturated heterocycles. The summed E-state index contributed by atoms with van der Waals surface area (Å²) in [6, 6.07) is 0. The van der Waals surface area contributed by atoms with Gasteiger partial charge in [-0.2, -0.15) is 0 Å². The Morgan fingerprint density at radius 3 is 2.44 bits per heavy atom. The summed E-state index contributed by atoms with van der Waals surface area (Å²) in [7, 11) is 0. The number of allylic oxidation sites excluding steroid dienone is 4. The van der Waals surface area contributed by atoms with Crippen molar-refractivity contribution < 1.29 is 33.8 Å².